The van der Waals surface area contributed by atoms with Crippen molar-refractivity contribution < 1.29 is 4.74 Å². The normalized spacial score (nSPS) is 25.2. The lowest BCUT2D eigenvalue weighted by Gasteiger charge is -2.29. The van der Waals surface area contributed by atoms with E-state index in [1.165, 1.54) is 12.1 Å². The van der Waals surface area contributed by atoms with Gasteiger partial charge in [-0.2, -0.15) is 5.10 Å². The van der Waals surface area contributed by atoms with Crippen molar-refractivity contribution in [2.24, 2.45) is 5.92 Å². The lowest BCUT2D eigenvalue weighted by Crippen LogP contribution is -2.32. The molecule has 1 aliphatic heterocycles. The highest BCUT2D eigenvalue weighted by Crippen LogP contribution is 2.33. The van der Waals surface area contributed by atoms with E-state index >= 15 is 0 Å². The molecule has 4 nitrogen and oxygen atoms in total. The Hall–Kier alpha value is -1.03. The third kappa shape index (κ3) is 2.46. The highest BCUT2D eigenvalue weighted by atomic mass is 16.5. The monoisotopic (exact) mass is 237 g/mol. The van der Waals surface area contributed by atoms with Gasteiger partial charge in [0.05, 0.1) is 25.0 Å². The minimum absolute atomic E-state index is 0.368. The Morgan fingerprint density at radius 3 is 2.88 bits per heavy atom. The molecule has 2 atom stereocenters. The molecule has 0 bridgehead atoms. The first-order chi connectivity index (χ1) is 8.13. The molecule has 1 aromatic rings. The summed E-state index contributed by atoms with van der Waals surface area (Å²) in [6.45, 7) is 7.71. The predicted octanol–water partition coefficient (Wildman–Crippen LogP) is 2.53. The zero-order chi connectivity index (χ0) is 12.4. The van der Waals surface area contributed by atoms with Crippen LogP contribution in [-0.2, 0) is 0 Å². The van der Waals surface area contributed by atoms with Crippen molar-refractivity contribution in [2.75, 3.05) is 13.7 Å². The molecule has 0 spiro atoms. The van der Waals surface area contributed by atoms with Gasteiger partial charge >= 0.3 is 0 Å². The highest BCUT2D eigenvalue weighted by molar-refractivity contribution is 5.29. The molecular weight excluding hydrogens is 214 g/mol. The maximum atomic E-state index is 5.44. The number of hydrogen-bond donors (Lipinski definition) is 1. The second-order valence-corrected chi connectivity index (χ2v) is 5.27. The van der Waals surface area contributed by atoms with Crippen LogP contribution in [0, 0.1) is 5.92 Å². The Morgan fingerprint density at radius 2 is 2.29 bits per heavy atom. The summed E-state index contributed by atoms with van der Waals surface area (Å²) in [5.41, 5.74) is 1.20. The summed E-state index contributed by atoms with van der Waals surface area (Å²) in [6, 6.07) is 0.742. The molecule has 1 aromatic heterocycles. The van der Waals surface area contributed by atoms with Gasteiger partial charge < -0.3 is 10.1 Å². The molecule has 0 saturated carbocycles. The van der Waals surface area contributed by atoms with Gasteiger partial charge in [0.2, 0.25) is 0 Å². The largest absolute Gasteiger partial charge is 0.493 e. The number of rotatable bonds is 3. The first-order valence-electron chi connectivity index (χ1n) is 6.48. The van der Waals surface area contributed by atoms with Gasteiger partial charge in [-0.1, -0.05) is 6.92 Å². The van der Waals surface area contributed by atoms with Crippen molar-refractivity contribution in [2.45, 2.75) is 45.7 Å². The van der Waals surface area contributed by atoms with E-state index in [0.717, 1.165) is 24.6 Å². The smallest absolute Gasteiger partial charge is 0.161 e. The van der Waals surface area contributed by atoms with E-state index in [-0.39, 0.29) is 0 Å². The third-order valence-electron chi connectivity index (χ3n) is 3.50. The van der Waals surface area contributed by atoms with E-state index in [0.29, 0.717) is 12.1 Å². The number of aromatic nitrogens is 2. The van der Waals surface area contributed by atoms with Gasteiger partial charge in [0.1, 0.15) is 0 Å². The summed E-state index contributed by atoms with van der Waals surface area (Å²) in [4.78, 5) is 0. The van der Waals surface area contributed by atoms with E-state index < -0.39 is 0 Å². The molecule has 1 fully saturated rings. The molecule has 2 heterocycles. The van der Waals surface area contributed by atoms with Crippen LogP contribution in [0.2, 0.25) is 0 Å². The average Bonchev–Trinajstić information content (AvgIpc) is 2.72. The van der Waals surface area contributed by atoms with Crippen LogP contribution in [0.25, 0.3) is 0 Å². The average molecular weight is 237 g/mol. The Balaban J connectivity index is 2.31. The highest BCUT2D eigenvalue weighted by Gasteiger charge is 2.27. The van der Waals surface area contributed by atoms with E-state index in [9.17, 15) is 0 Å². The van der Waals surface area contributed by atoms with Gasteiger partial charge in [0, 0.05) is 6.04 Å². The van der Waals surface area contributed by atoms with Gasteiger partial charge in [-0.05, 0) is 39.2 Å². The molecule has 0 amide bonds. The molecule has 17 heavy (non-hydrogen) atoms. The first kappa shape index (κ1) is 12.4. The fourth-order valence-corrected chi connectivity index (χ4v) is 2.57. The van der Waals surface area contributed by atoms with Gasteiger partial charge in [-0.25, -0.2) is 0 Å². The van der Waals surface area contributed by atoms with Crippen LogP contribution in [0.15, 0.2) is 6.20 Å². The molecule has 0 radical (unpaired) electrons. The molecular formula is C13H23N3O. The molecule has 4 heteroatoms. The minimum atomic E-state index is 0.368. The van der Waals surface area contributed by atoms with Crippen LogP contribution in [0.1, 0.15) is 51.4 Å². The molecule has 0 aromatic carbocycles. The van der Waals surface area contributed by atoms with Crippen molar-refractivity contribution in [1.82, 2.24) is 15.1 Å². The van der Waals surface area contributed by atoms with Crippen LogP contribution >= 0.6 is 0 Å². The van der Waals surface area contributed by atoms with Gasteiger partial charge in [-0.15, -0.1) is 0 Å². The summed E-state index contributed by atoms with van der Waals surface area (Å²) in [5, 5.41) is 8.02. The Morgan fingerprint density at radius 1 is 1.53 bits per heavy atom. The number of hydrogen-bond acceptors (Lipinski definition) is 3. The predicted molar refractivity (Wildman–Crippen MR) is 68.3 cm³/mol. The van der Waals surface area contributed by atoms with Crippen molar-refractivity contribution in [1.29, 1.82) is 0 Å². The number of nitrogens with zero attached hydrogens (tertiary/aromatic N) is 2. The van der Waals surface area contributed by atoms with Crippen LogP contribution < -0.4 is 10.1 Å². The fourth-order valence-electron chi connectivity index (χ4n) is 2.57. The summed E-state index contributed by atoms with van der Waals surface area (Å²) in [6.07, 6.45) is 4.25. The van der Waals surface area contributed by atoms with Crippen LogP contribution in [0.5, 0.6) is 5.75 Å². The number of ether oxygens (including phenoxy) is 1. The van der Waals surface area contributed by atoms with Crippen molar-refractivity contribution in [3.63, 3.8) is 0 Å². The summed E-state index contributed by atoms with van der Waals surface area (Å²) in [7, 11) is 1.72. The molecule has 2 unspecified atom stereocenters. The maximum Gasteiger partial charge on any atom is 0.161 e. The standard InChI is InChI=1S/C13H23N3O/c1-9(2)16-13(12(17-4)8-15-16)11-7-10(3)5-6-14-11/h8-11,14H,5-7H2,1-4H3. The van der Waals surface area contributed by atoms with Gasteiger partial charge in [-0.3, -0.25) is 4.68 Å². The second kappa shape index (κ2) is 5.08. The zero-order valence-corrected chi connectivity index (χ0v) is 11.2. The lowest BCUT2D eigenvalue weighted by atomic mass is 9.92. The fraction of sp³-hybridized carbons (Fsp3) is 0.769. The molecule has 1 N–H and O–H groups in total. The lowest BCUT2D eigenvalue weighted by molar-refractivity contribution is 0.297. The van der Waals surface area contributed by atoms with Crippen LogP contribution in [0.3, 0.4) is 0 Å². The Labute approximate surface area is 103 Å². The molecule has 1 aliphatic rings. The Bertz CT molecular complexity index is 373. The van der Waals surface area contributed by atoms with Crippen LogP contribution in [-0.4, -0.2) is 23.4 Å². The summed E-state index contributed by atoms with van der Waals surface area (Å²) >= 11 is 0. The van der Waals surface area contributed by atoms with E-state index in [2.05, 4.69) is 35.9 Å². The number of nitrogens with one attached hydrogen (secondary N) is 1. The third-order valence-corrected chi connectivity index (χ3v) is 3.50. The number of piperidine rings is 1. The van der Waals surface area contributed by atoms with Crippen molar-refractivity contribution in [3.05, 3.63) is 11.9 Å². The molecule has 2 rings (SSSR count). The first-order valence-corrected chi connectivity index (χ1v) is 6.48. The van der Waals surface area contributed by atoms with Crippen molar-refractivity contribution in [3.8, 4) is 5.75 Å². The van der Waals surface area contributed by atoms with Gasteiger partial charge in [0.15, 0.2) is 5.75 Å². The quantitative estimate of drug-likeness (QED) is 0.878. The van der Waals surface area contributed by atoms with E-state index in [4.69, 9.17) is 4.74 Å². The maximum absolute atomic E-state index is 5.44. The van der Waals surface area contributed by atoms with Crippen molar-refractivity contribution >= 4 is 0 Å². The van der Waals surface area contributed by atoms with Crippen LogP contribution in [0.4, 0.5) is 0 Å². The van der Waals surface area contributed by atoms with E-state index in [1.54, 1.807) is 7.11 Å². The zero-order valence-electron chi connectivity index (χ0n) is 11.2. The van der Waals surface area contributed by atoms with E-state index in [1.807, 2.05) is 6.20 Å². The SMILES string of the molecule is COc1cnn(C(C)C)c1C1CC(C)CCN1. The minimum Gasteiger partial charge on any atom is -0.493 e. The summed E-state index contributed by atoms with van der Waals surface area (Å²) < 4.78 is 7.52. The number of methoxy groups -OCH3 is 1. The topological polar surface area (TPSA) is 39.1 Å². The Kier molecular flexibility index (Phi) is 3.72. The molecule has 96 valence electrons. The van der Waals surface area contributed by atoms with Gasteiger partial charge in [0.25, 0.3) is 0 Å². The molecule has 0 aliphatic carbocycles. The second-order valence-electron chi connectivity index (χ2n) is 5.27. The molecule has 1 saturated heterocycles. The summed E-state index contributed by atoms with van der Waals surface area (Å²) in [5.74, 6) is 1.67.